The van der Waals surface area contributed by atoms with Crippen LogP contribution in [-0.2, 0) is 11.3 Å². The second-order valence-electron chi connectivity index (χ2n) is 7.52. The molecule has 34 heavy (non-hydrogen) atoms. The van der Waals surface area contributed by atoms with Gasteiger partial charge in [-0.1, -0.05) is 29.8 Å². The zero-order valence-electron chi connectivity index (χ0n) is 18.9. The third kappa shape index (κ3) is 5.63. The first-order chi connectivity index (χ1) is 16.5. The first-order valence-corrected chi connectivity index (χ1v) is 10.8. The van der Waals surface area contributed by atoms with Crippen molar-refractivity contribution in [3.8, 4) is 17.1 Å². The third-order valence-electron chi connectivity index (χ3n) is 4.88. The van der Waals surface area contributed by atoms with Crippen LogP contribution in [0, 0.1) is 6.92 Å². The average Bonchev–Trinajstić information content (AvgIpc) is 3.29. The molecule has 4 rings (SSSR count). The van der Waals surface area contributed by atoms with Crippen molar-refractivity contribution in [3.63, 3.8) is 0 Å². The minimum atomic E-state index is -0.297. The van der Waals surface area contributed by atoms with E-state index in [1.807, 2.05) is 44.2 Å². The molecule has 0 aliphatic rings. The molecule has 2 N–H and O–H groups in total. The Hall–Kier alpha value is -4.53. The van der Waals surface area contributed by atoms with Crippen LogP contribution < -0.4 is 15.4 Å². The third-order valence-corrected chi connectivity index (χ3v) is 4.88. The number of benzene rings is 3. The summed E-state index contributed by atoms with van der Waals surface area (Å²) in [5.74, 6) is 0.498. The lowest BCUT2D eigenvalue weighted by molar-refractivity contribution is -0.117. The number of carbonyl (C=O) groups is 2. The van der Waals surface area contributed by atoms with Gasteiger partial charge < -0.3 is 15.4 Å². The summed E-state index contributed by atoms with van der Waals surface area (Å²) in [6.07, 6.45) is 0. The Morgan fingerprint density at radius 3 is 2.53 bits per heavy atom. The summed E-state index contributed by atoms with van der Waals surface area (Å²) in [5.41, 5.74) is 3.33. The topological polar surface area (TPSA) is 111 Å². The average molecular weight is 457 g/mol. The predicted octanol–water partition coefficient (Wildman–Crippen LogP) is 3.94. The van der Waals surface area contributed by atoms with Gasteiger partial charge in [0.15, 0.2) is 0 Å². The lowest BCUT2D eigenvalue weighted by Gasteiger charge is -2.09. The lowest BCUT2D eigenvalue weighted by Crippen LogP contribution is -2.20. The van der Waals surface area contributed by atoms with Gasteiger partial charge in [0, 0.05) is 16.8 Å². The van der Waals surface area contributed by atoms with Crippen LogP contribution in [0.25, 0.3) is 11.4 Å². The van der Waals surface area contributed by atoms with Crippen LogP contribution in [0.4, 0.5) is 11.4 Å². The van der Waals surface area contributed by atoms with Crippen molar-refractivity contribution in [1.82, 2.24) is 20.2 Å². The number of nitrogens with one attached hydrogen (secondary N) is 2. The number of aromatic nitrogens is 4. The number of hydrogen-bond acceptors (Lipinski definition) is 6. The molecule has 0 atom stereocenters. The van der Waals surface area contributed by atoms with E-state index in [4.69, 9.17) is 4.74 Å². The molecular formula is C25H24N6O3. The fourth-order valence-corrected chi connectivity index (χ4v) is 3.32. The number of hydrogen-bond donors (Lipinski definition) is 2. The summed E-state index contributed by atoms with van der Waals surface area (Å²) in [5, 5.41) is 18.1. The summed E-state index contributed by atoms with van der Waals surface area (Å²) in [6, 6.07) is 21.6. The molecule has 0 saturated heterocycles. The Morgan fingerprint density at radius 2 is 1.76 bits per heavy atom. The van der Waals surface area contributed by atoms with Gasteiger partial charge in [-0.15, -0.1) is 10.2 Å². The van der Waals surface area contributed by atoms with E-state index in [1.165, 1.54) is 4.80 Å². The van der Waals surface area contributed by atoms with Crippen LogP contribution in [0.5, 0.6) is 5.75 Å². The summed E-state index contributed by atoms with van der Waals surface area (Å²) >= 11 is 0. The van der Waals surface area contributed by atoms with Gasteiger partial charge in [0.1, 0.15) is 12.3 Å². The van der Waals surface area contributed by atoms with E-state index in [0.717, 1.165) is 11.3 Å². The Kier molecular flexibility index (Phi) is 6.92. The highest BCUT2D eigenvalue weighted by atomic mass is 16.5. The van der Waals surface area contributed by atoms with E-state index in [0.29, 0.717) is 34.9 Å². The molecule has 0 aliphatic carbocycles. The van der Waals surface area contributed by atoms with Crippen molar-refractivity contribution in [2.45, 2.75) is 20.4 Å². The maximum atomic E-state index is 12.7. The summed E-state index contributed by atoms with van der Waals surface area (Å²) in [7, 11) is 0. The number of amides is 2. The molecule has 0 unspecified atom stereocenters. The molecule has 1 heterocycles. The number of anilines is 2. The zero-order valence-corrected chi connectivity index (χ0v) is 18.9. The first-order valence-electron chi connectivity index (χ1n) is 10.8. The highest BCUT2D eigenvalue weighted by Crippen LogP contribution is 2.25. The maximum Gasteiger partial charge on any atom is 0.255 e. The van der Waals surface area contributed by atoms with Crippen molar-refractivity contribution in [2.24, 2.45) is 0 Å². The fraction of sp³-hybridized carbons (Fsp3) is 0.160. The van der Waals surface area contributed by atoms with E-state index < -0.39 is 0 Å². The van der Waals surface area contributed by atoms with Gasteiger partial charge in [-0.05, 0) is 67.6 Å². The maximum absolute atomic E-state index is 12.7. The van der Waals surface area contributed by atoms with Gasteiger partial charge >= 0.3 is 0 Å². The van der Waals surface area contributed by atoms with Gasteiger partial charge in [-0.2, -0.15) is 4.80 Å². The summed E-state index contributed by atoms with van der Waals surface area (Å²) < 4.78 is 5.40. The number of tetrazole rings is 1. The number of aryl methyl sites for hydroxylation is 1. The molecule has 1 aromatic heterocycles. The molecule has 2 amide bonds. The second kappa shape index (κ2) is 10.4. The van der Waals surface area contributed by atoms with Crippen LogP contribution in [0.3, 0.4) is 0 Å². The van der Waals surface area contributed by atoms with Crippen molar-refractivity contribution in [1.29, 1.82) is 0 Å². The number of nitrogens with zero attached hydrogens (tertiary/aromatic N) is 4. The van der Waals surface area contributed by atoms with Crippen molar-refractivity contribution >= 4 is 23.2 Å². The van der Waals surface area contributed by atoms with Crippen LogP contribution in [-0.4, -0.2) is 38.6 Å². The summed E-state index contributed by atoms with van der Waals surface area (Å²) in [6.45, 7) is 4.30. The van der Waals surface area contributed by atoms with Crippen LogP contribution >= 0.6 is 0 Å². The largest absolute Gasteiger partial charge is 0.494 e. The van der Waals surface area contributed by atoms with E-state index in [2.05, 4.69) is 26.0 Å². The monoisotopic (exact) mass is 456 g/mol. The molecule has 172 valence electrons. The van der Waals surface area contributed by atoms with Crippen LogP contribution in [0.2, 0.25) is 0 Å². The smallest absolute Gasteiger partial charge is 0.255 e. The minimum absolute atomic E-state index is 0.113. The SMILES string of the molecule is CCOc1ccc(NC(=O)Cn2nnc(-c3ccccc3NC(=O)c3cccc(C)c3)n2)cc1. The van der Waals surface area contributed by atoms with Crippen molar-refractivity contribution in [2.75, 3.05) is 17.2 Å². The number of para-hydroxylation sites is 1. The molecule has 0 saturated carbocycles. The molecule has 0 bridgehead atoms. The molecular weight excluding hydrogens is 432 g/mol. The van der Waals surface area contributed by atoms with E-state index in [1.54, 1.807) is 42.5 Å². The molecule has 3 aromatic carbocycles. The second-order valence-corrected chi connectivity index (χ2v) is 7.52. The lowest BCUT2D eigenvalue weighted by atomic mass is 10.1. The highest BCUT2D eigenvalue weighted by Gasteiger charge is 2.15. The van der Waals surface area contributed by atoms with E-state index >= 15 is 0 Å². The van der Waals surface area contributed by atoms with Crippen molar-refractivity contribution in [3.05, 3.63) is 83.9 Å². The van der Waals surface area contributed by atoms with Gasteiger partial charge in [0.25, 0.3) is 5.91 Å². The van der Waals surface area contributed by atoms with Crippen LogP contribution in [0.15, 0.2) is 72.8 Å². The molecule has 9 nitrogen and oxygen atoms in total. The Labute approximate surface area is 196 Å². The highest BCUT2D eigenvalue weighted by molar-refractivity contribution is 6.06. The Morgan fingerprint density at radius 1 is 0.971 bits per heavy atom. The Bertz CT molecular complexity index is 1300. The molecule has 9 heteroatoms. The molecule has 0 fully saturated rings. The number of rotatable bonds is 8. The zero-order chi connectivity index (χ0) is 23.9. The predicted molar refractivity (Wildman–Crippen MR) is 129 cm³/mol. The molecule has 4 aromatic rings. The van der Waals surface area contributed by atoms with Crippen molar-refractivity contribution < 1.29 is 14.3 Å². The Balaban J connectivity index is 1.43. The summed E-state index contributed by atoms with van der Waals surface area (Å²) in [4.78, 5) is 26.3. The van der Waals surface area contributed by atoms with Gasteiger partial charge in [0.2, 0.25) is 11.7 Å². The number of carbonyl (C=O) groups excluding carboxylic acids is 2. The fourth-order valence-electron chi connectivity index (χ4n) is 3.32. The van der Waals surface area contributed by atoms with Gasteiger partial charge in [0.05, 0.1) is 12.3 Å². The normalized spacial score (nSPS) is 10.5. The molecule has 0 radical (unpaired) electrons. The van der Waals surface area contributed by atoms with Crippen LogP contribution in [0.1, 0.15) is 22.8 Å². The molecule has 0 spiro atoms. The molecule has 0 aliphatic heterocycles. The minimum Gasteiger partial charge on any atom is -0.494 e. The standard InChI is InChI=1S/C25H24N6O3/c1-3-34-20-13-11-19(12-14-20)26-23(32)16-31-29-24(28-30-31)21-9-4-5-10-22(21)27-25(33)18-8-6-7-17(2)15-18/h4-15H,3,16H2,1-2H3,(H,26,32)(H,27,33). The first kappa shape index (κ1) is 22.7. The van der Waals surface area contributed by atoms with Gasteiger partial charge in [-0.25, -0.2) is 0 Å². The van der Waals surface area contributed by atoms with Gasteiger partial charge in [-0.3, -0.25) is 9.59 Å². The number of ether oxygens (including phenoxy) is 1. The van der Waals surface area contributed by atoms with E-state index in [9.17, 15) is 9.59 Å². The quantitative estimate of drug-likeness (QED) is 0.416. The van der Waals surface area contributed by atoms with E-state index in [-0.39, 0.29) is 18.4 Å².